The molecule has 1 fully saturated rings. The molecular formula is C17H20Cl2O2. The molecule has 1 aromatic carbocycles. The number of Topliss-reactive ketones (excluding diaryl/α,β-unsaturated/α-hetero) is 1. The Labute approximate surface area is 135 Å². The third-order valence-electron chi connectivity index (χ3n) is 4.76. The number of hydrogen-bond acceptors (Lipinski definition) is 2. The molecule has 1 saturated carbocycles. The Morgan fingerprint density at radius 2 is 2.14 bits per heavy atom. The van der Waals surface area contributed by atoms with E-state index >= 15 is 0 Å². The fourth-order valence-corrected chi connectivity index (χ4v) is 3.84. The smallest absolute Gasteiger partial charge is 0.137 e. The van der Waals surface area contributed by atoms with Gasteiger partial charge in [-0.05, 0) is 54.9 Å². The van der Waals surface area contributed by atoms with Crippen LogP contribution in [0.2, 0.25) is 10.0 Å². The highest BCUT2D eigenvalue weighted by molar-refractivity contribution is 6.37. The molecule has 21 heavy (non-hydrogen) atoms. The van der Waals surface area contributed by atoms with Gasteiger partial charge in [0.1, 0.15) is 5.78 Å². The summed E-state index contributed by atoms with van der Waals surface area (Å²) in [5, 5.41) is 11.4. The molecule has 0 radical (unpaired) electrons. The van der Waals surface area contributed by atoms with Gasteiger partial charge >= 0.3 is 0 Å². The highest BCUT2D eigenvalue weighted by atomic mass is 35.5. The van der Waals surface area contributed by atoms with Crippen LogP contribution in [0.5, 0.6) is 0 Å². The lowest BCUT2D eigenvalue weighted by molar-refractivity contribution is -0.118. The third kappa shape index (κ3) is 3.13. The molecule has 4 heteroatoms. The Hall–Kier alpha value is -0.570. The maximum atomic E-state index is 12.1. The zero-order chi connectivity index (χ0) is 15.2. The Bertz CT molecular complexity index is 589. The summed E-state index contributed by atoms with van der Waals surface area (Å²) in [4.78, 5) is 12.1. The molecule has 0 aromatic heterocycles. The Balaban J connectivity index is 1.81. The van der Waals surface area contributed by atoms with E-state index in [0.29, 0.717) is 29.3 Å². The van der Waals surface area contributed by atoms with Crippen LogP contribution < -0.4 is 0 Å². The number of carbonyl (C=O) groups is 1. The van der Waals surface area contributed by atoms with Crippen molar-refractivity contribution in [1.29, 1.82) is 0 Å². The molecule has 1 N–H and O–H groups in total. The number of halogens is 2. The topological polar surface area (TPSA) is 37.3 Å². The van der Waals surface area contributed by atoms with Gasteiger partial charge in [0.2, 0.25) is 0 Å². The van der Waals surface area contributed by atoms with Crippen LogP contribution in [0, 0.1) is 5.92 Å². The SMILES string of the molecule is CC1(O)CCc2c1cc(Cl)c(CC(=O)CCC1CC1)c2Cl. The van der Waals surface area contributed by atoms with E-state index in [1.54, 1.807) is 13.0 Å². The molecule has 2 aliphatic carbocycles. The van der Waals surface area contributed by atoms with Crippen LogP contribution in [-0.4, -0.2) is 10.9 Å². The first-order chi connectivity index (χ1) is 9.88. The quantitative estimate of drug-likeness (QED) is 0.867. The fourth-order valence-electron chi connectivity index (χ4n) is 3.15. The zero-order valence-electron chi connectivity index (χ0n) is 12.2. The summed E-state index contributed by atoms with van der Waals surface area (Å²) in [5.74, 6) is 0.963. The van der Waals surface area contributed by atoms with Gasteiger partial charge < -0.3 is 5.11 Å². The Morgan fingerprint density at radius 3 is 2.81 bits per heavy atom. The van der Waals surface area contributed by atoms with E-state index in [1.165, 1.54) is 12.8 Å². The van der Waals surface area contributed by atoms with Crippen molar-refractivity contribution in [3.05, 3.63) is 32.8 Å². The molecule has 1 aromatic rings. The molecule has 1 atom stereocenters. The molecule has 2 nitrogen and oxygen atoms in total. The van der Waals surface area contributed by atoms with E-state index in [9.17, 15) is 9.90 Å². The normalized spacial score (nSPS) is 24.2. The van der Waals surface area contributed by atoms with Crippen molar-refractivity contribution in [2.45, 2.75) is 57.5 Å². The largest absolute Gasteiger partial charge is 0.385 e. The lowest BCUT2D eigenvalue weighted by Crippen LogP contribution is -2.16. The van der Waals surface area contributed by atoms with Crippen molar-refractivity contribution < 1.29 is 9.90 Å². The molecule has 0 bridgehead atoms. The van der Waals surface area contributed by atoms with Crippen molar-refractivity contribution in [2.75, 3.05) is 0 Å². The standard InChI is InChI=1S/C17H20Cl2O2/c1-17(21)7-6-12-14(17)9-15(18)13(16(12)19)8-11(20)5-4-10-2-3-10/h9-10,21H,2-8H2,1H3. The van der Waals surface area contributed by atoms with Crippen molar-refractivity contribution in [2.24, 2.45) is 5.92 Å². The summed E-state index contributed by atoms with van der Waals surface area (Å²) in [6, 6.07) is 1.79. The minimum atomic E-state index is -0.864. The first-order valence-electron chi connectivity index (χ1n) is 7.63. The van der Waals surface area contributed by atoms with Gasteiger partial charge in [-0.2, -0.15) is 0 Å². The summed E-state index contributed by atoms with van der Waals surface area (Å²) in [6.45, 7) is 1.78. The van der Waals surface area contributed by atoms with Gasteiger partial charge in [-0.15, -0.1) is 0 Å². The van der Waals surface area contributed by atoms with Crippen LogP contribution >= 0.6 is 23.2 Å². The van der Waals surface area contributed by atoms with E-state index in [2.05, 4.69) is 0 Å². The maximum absolute atomic E-state index is 12.1. The first kappa shape index (κ1) is 15.3. The molecule has 0 amide bonds. The van der Waals surface area contributed by atoms with E-state index in [0.717, 1.165) is 35.4 Å². The van der Waals surface area contributed by atoms with Gasteiger partial charge in [-0.1, -0.05) is 36.0 Å². The molecule has 0 aliphatic heterocycles. The maximum Gasteiger partial charge on any atom is 0.137 e. The van der Waals surface area contributed by atoms with Crippen molar-refractivity contribution >= 4 is 29.0 Å². The van der Waals surface area contributed by atoms with Gasteiger partial charge in [-0.3, -0.25) is 4.79 Å². The highest BCUT2D eigenvalue weighted by Crippen LogP contribution is 2.44. The molecule has 3 rings (SSSR count). The summed E-state index contributed by atoms with van der Waals surface area (Å²) in [7, 11) is 0. The molecule has 1 unspecified atom stereocenters. The summed E-state index contributed by atoms with van der Waals surface area (Å²) < 4.78 is 0. The third-order valence-corrected chi connectivity index (χ3v) is 5.55. The predicted octanol–water partition coefficient (Wildman–Crippen LogP) is 4.45. The highest BCUT2D eigenvalue weighted by Gasteiger charge is 2.35. The van der Waals surface area contributed by atoms with Crippen molar-refractivity contribution in [1.82, 2.24) is 0 Å². The summed E-state index contributed by atoms with van der Waals surface area (Å²) >= 11 is 12.8. The predicted molar refractivity (Wildman–Crippen MR) is 85.0 cm³/mol. The average Bonchev–Trinajstić information content (AvgIpc) is 3.19. The summed E-state index contributed by atoms with van der Waals surface area (Å²) in [6.07, 6.45) is 5.84. The van der Waals surface area contributed by atoms with Crippen LogP contribution in [0.15, 0.2) is 6.07 Å². The molecule has 0 heterocycles. The van der Waals surface area contributed by atoms with Gasteiger partial charge in [0.25, 0.3) is 0 Å². The molecule has 0 saturated heterocycles. The fraction of sp³-hybridized carbons (Fsp3) is 0.588. The molecular weight excluding hydrogens is 307 g/mol. The number of ketones is 1. The Kier molecular flexibility index (Phi) is 4.06. The van der Waals surface area contributed by atoms with Crippen LogP contribution in [0.4, 0.5) is 0 Å². The minimum Gasteiger partial charge on any atom is -0.385 e. The molecule has 0 spiro atoms. The van der Waals surface area contributed by atoms with Gasteiger partial charge in [0.15, 0.2) is 0 Å². The van der Waals surface area contributed by atoms with Gasteiger partial charge in [0.05, 0.1) is 5.60 Å². The van der Waals surface area contributed by atoms with E-state index in [1.807, 2.05) is 0 Å². The number of benzene rings is 1. The van der Waals surface area contributed by atoms with Crippen LogP contribution in [0.3, 0.4) is 0 Å². The first-order valence-corrected chi connectivity index (χ1v) is 8.38. The second-order valence-electron chi connectivity index (χ2n) is 6.65. The van der Waals surface area contributed by atoms with E-state index in [4.69, 9.17) is 23.2 Å². The average molecular weight is 327 g/mol. The minimum absolute atomic E-state index is 0.204. The van der Waals surface area contributed by atoms with Crippen LogP contribution in [0.1, 0.15) is 55.7 Å². The number of aliphatic hydroxyl groups is 1. The van der Waals surface area contributed by atoms with Crippen LogP contribution in [0.25, 0.3) is 0 Å². The van der Waals surface area contributed by atoms with Gasteiger partial charge in [-0.25, -0.2) is 0 Å². The van der Waals surface area contributed by atoms with Crippen molar-refractivity contribution in [3.63, 3.8) is 0 Å². The lowest BCUT2D eigenvalue weighted by atomic mass is 9.95. The van der Waals surface area contributed by atoms with Gasteiger partial charge in [0, 0.05) is 22.9 Å². The van der Waals surface area contributed by atoms with E-state index < -0.39 is 5.60 Å². The number of hydrogen-bond donors (Lipinski definition) is 1. The number of fused-ring (bicyclic) bond motifs is 1. The Morgan fingerprint density at radius 1 is 1.43 bits per heavy atom. The second-order valence-corrected chi connectivity index (χ2v) is 7.43. The van der Waals surface area contributed by atoms with Crippen LogP contribution in [-0.2, 0) is 23.2 Å². The lowest BCUT2D eigenvalue weighted by Gasteiger charge is -2.19. The van der Waals surface area contributed by atoms with E-state index in [-0.39, 0.29) is 5.78 Å². The number of carbonyl (C=O) groups excluding carboxylic acids is 1. The monoisotopic (exact) mass is 326 g/mol. The molecule has 2 aliphatic rings. The zero-order valence-corrected chi connectivity index (χ0v) is 13.7. The molecule has 114 valence electrons. The summed E-state index contributed by atoms with van der Waals surface area (Å²) in [5.41, 5.74) is 1.63. The van der Waals surface area contributed by atoms with Crippen molar-refractivity contribution in [3.8, 4) is 0 Å². The second kappa shape index (κ2) is 5.57. The number of rotatable bonds is 5.